The summed E-state index contributed by atoms with van der Waals surface area (Å²) in [6, 6.07) is 0. The quantitative estimate of drug-likeness (QED) is 0.149. The topological polar surface area (TPSA) is 84.9 Å². The molecule has 0 fully saturated rings. The predicted molar refractivity (Wildman–Crippen MR) is 67.7 cm³/mol. The van der Waals surface area contributed by atoms with Crippen LogP contribution in [0.5, 0.6) is 0 Å². The summed E-state index contributed by atoms with van der Waals surface area (Å²) in [5, 5.41) is 0. The number of quaternary nitrogens is 1. The van der Waals surface area contributed by atoms with E-state index in [1.807, 2.05) is 0 Å². The summed E-state index contributed by atoms with van der Waals surface area (Å²) in [6.07, 6.45) is 2.97. The van der Waals surface area contributed by atoms with Gasteiger partial charge in [-0.3, -0.25) is 4.57 Å². The van der Waals surface area contributed by atoms with Gasteiger partial charge in [-0.15, -0.1) is 4.62 Å². The fourth-order valence-electron chi connectivity index (χ4n) is 1.11. The second-order valence-corrected chi connectivity index (χ2v) is 6.00. The van der Waals surface area contributed by atoms with Crippen LogP contribution in [0.15, 0.2) is 12.7 Å². The Labute approximate surface area is 113 Å². The largest absolute Gasteiger partial charge is 0.752 e. The van der Waals surface area contributed by atoms with Gasteiger partial charge in [-0.1, -0.05) is 6.58 Å². The van der Waals surface area contributed by atoms with Crippen molar-refractivity contribution < 1.29 is 32.8 Å². The monoisotopic (exact) mass is 295 g/mol. The van der Waals surface area contributed by atoms with Crippen LogP contribution in [-0.2, 0) is 23.2 Å². The van der Waals surface area contributed by atoms with Crippen LogP contribution in [0.3, 0.4) is 0 Å². The van der Waals surface area contributed by atoms with E-state index in [9.17, 15) is 14.3 Å². The fraction of sp³-hybridized carbons (Fsp3) is 0.727. The third kappa shape index (κ3) is 12.1. The van der Waals surface area contributed by atoms with Gasteiger partial charge in [0.05, 0.1) is 34.4 Å². The van der Waals surface area contributed by atoms with Crippen molar-refractivity contribution >= 4 is 13.8 Å². The molecule has 0 saturated carbocycles. The summed E-state index contributed by atoms with van der Waals surface area (Å²) in [5.74, 6) is -0.461. The number of hydrogen-bond donors (Lipinski definition) is 0. The fourth-order valence-corrected chi connectivity index (χ4v) is 2.11. The van der Waals surface area contributed by atoms with Crippen molar-refractivity contribution in [3.63, 3.8) is 0 Å². The Balaban J connectivity index is 3.61. The first-order valence-electron chi connectivity index (χ1n) is 5.94. The molecule has 0 saturated heterocycles. The van der Waals surface area contributed by atoms with Crippen LogP contribution in [-0.4, -0.2) is 45.0 Å². The Morgan fingerprint density at radius 1 is 1.26 bits per heavy atom. The molecule has 0 aliphatic rings. The maximum absolute atomic E-state index is 11.4. The number of ether oxygens (including phenoxy) is 1. The second-order valence-electron chi connectivity index (χ2n) is 4.68. The van der Waals surface area contributed by atoms with Crippen LogP contribution in [0.4, 0.5) is 0 Å². The van der Waals surface area contributed by atoms with Crippen molar-refractivity contribution in [1.82, 2.24) is 0 Å². The highest BCUT2D eigenvalue weighted by Gasteiger charge is 2.20. The van der Waals surface area contributed by atoms with E-state index in [0.29, 0.717) is 19.3 Å². The first kappa shape index (κ1) is 18.3. The predicted octanol–water partition coefficient (Wildman–Crippen LogP) is 1.01. The Bertz CT molecular complexity index is 339. The van der Waals surface area contributed by atoms with Gasteiger partial charge in [-0.25, -0.2) is 4.79 Å². The molecule has 0 amide bonds. The highest BCUT2D eigenvalue weighted by molar-refractivity contribution is 7.45. The molecule has 0 aliphatic heterocycles. The number of carbonyl (C=O) groups is 1. The maximum Gasteiger partial charge on any atom is 0.330 e. The van der Waals surface area contributed by atoms with Gasteiger partial charge in [0.25, 0.3) is 0 Å². The minimum Gasteiger partial charge on any atom is -0.752 e. The van der Waals surface area contributed by atoms with Crippen LogP contribution in [0.25, 0.3) is 0 Å². The molecule has 8 heteroatoms. The number of phosphoric acid groups is 1. The molecule has 19 heavy (non-hydrogen) atoms. The van der Waals surface area contributed by atoms with E-state index >= 15 is 0 Å². The summed E-state index contributed by atoms with van der Waals surface area (Å²) in [7, 11) is 0.447. The Kier molecular flexibility index (Phi) is 8.13. The first-order valence-corrected chi connectivity index (χ1v) is 7.40. The van der Waals surface area contributed by atoms with E-state index in [0.717, 1.165) is 6.08 Å². The standard InChI is InChI=1S/C11H22NO6P/c1-5-11(13)16-9-7-6-8-10-17-19(14,15)18-12(2,3)4/h5H,1,6-10H2,2-4H3. The third-order valence-corrected chi connectivity index (χ3v) is 2.98. The molecule has 0 aromatic carbocycles. The summed E-state index contributed by atoms with van der Waals surface area (Å²) in [4.78, 5) is 22.1. The lowest BCUT2D eigenvalue weighted by Gasteiger charge is -2.29. The summed E-state index contributed by atoms with van der Waals surface area (Å²) in [6.45, 7) is 3.61. The van der Waals surface area contributed by atoms with E-state index in [1.54, 1.807) is 21.1 Å². The number of unbranched alkanes of at least 4 members (excludes halogenated alkanes) is 2. The van der Waals surface area contributed by atoms with E-state index in [1.165, 1.54) is 0 Å². The lowest BCUT2D eigenvalue weighted by Crippen LogP contribution is -2.35. The number of esters is 1. The molecule has 0 bridgehead atoms. The van der Waals surface area contributed by atoms with Crippen LogP contribution in [0.1, 0.15) is 19.3 Å². The van der Waals surface area contributed by atoms with Crippen molar-refractivity contribution in [3.8, 4) is 0 Å². The Morgan fingerprint density at radius 2 is 1.84 bits per heavy atom. The number of hydrogen-bond acceptors (Lipinski definition) is 6. The number of rotatable bonds is 10. The molecule has 0 aromatic heterocycles. The first-order chi connectivity index (χ1) is 8.66. The van der Waals surface area contributed by atoms with Crippen LogP contribution in [0.2, 0.25) is 0 Å². The molecule has 0 aliphatic carbocycles. The van der Waals surface area contributed by atoms with Crippen molar-refractivity contribution in [1.29, 1.82) is 0 Å². The lowest BCUT2D eigenvalue weighted by atomic mass is 10.2. The average molecular weight is 295 g/mol. The highest BCUT2D eigenvalue weighted by atomic mass is 31.2. The van der Waals surface area contributed by atoms with E-state index in [2.05, 4.69) is 6.58 Å². The van der Waals surface area contributed by atoms with Gasteiger partial charge in [-0.05, 0) is 19.3 Å². The molecule has 7 nitrogen and oxygen atoms in total. The highest BCUT2D eigenvalue weighted by Crippen LogP contribution is 2.40. The molecule has 0 aromatic rings. The van der Waals surface area contributed by atoms with Crippen molar-refractivity contribution in [2.75, 3.05) is 34.4 Å². The molecule has 1 unspecified atom stereocenters. The molecular formula is C11H22NO6P. The molecule has 0 radical (unpaired) electrons. The number of nitrogens with zero attached hydrogens (tertiary/aromatic N) is 1. The number of hydroxylamine groups is 3. The van der Waals surface area contributed by atoms with Crippen LogP contribution >= 0.6 is 7.82 Å². The van der Waals surface area contributed by atoms with E-state index in [4.69, 9.17) is 13.9 Å². The summed E-state index contributed by atoms with van der Waals surface area (Å²) >= 11 is 0. The molecule has 0 heterocycles. The lowest BCUT2D eigenvalue weighted by molar-refractivity contribution is -1.04. The van der Waals surface area contributed by atoms with Crippen molar-refractivity contribution in [2.24, 2.45) is 0 Å². The van der Waals surface area contributed by atoms with Gasteiger partial charge in [0.1, 0.15) is 0 Å². The van der Waals surface area contributed by atoms with E-state index in [-0.39, 0.29) is 17.9 Å². The SMILES string of the molecule is C=CC(=O)OCCCCCOP(=O)([O-])O[N+](C)(C)C. The zero-order valence-corrected chi connectivity index (χ0v) is 12.6. The minimum atomic E-state index is -4.27. The van der Waals surface area contributed by atoms with Gasteiger partial charge < -0.3 is 14.2 Å². The number of phosphoric ester groups is 1. The molecule has 0 rings (SSSR count). The van der Waals surface area contributed by atoms with Gasteiger partial charge in [0.15, 0.2) is 0 Å². The summed E-state index contributed by atoms with van der Waals surface area (Å²) < 4.78 is 25.4. The summed E-state index contributed by atoms with van der Waals surface area (Å²) in [5.41, 5.74) is 0. The van der Waals surface area contributed by atoms with E-state index < -0.39 is 13.8 Å². The molecule has 112 valence electrons. The third-order valence-electron chi connectivity index (χ3n) is 1.79. The molecule has 0 N–H and O–H groups in total. The zero-order valence-electron chi connectivity index (χ0n) is 11.7. The van der Waals surface area contributed by atoms with Gasteiger partial charge >= 0.3 is 13.8 Å². The van der Waals surface area contributed by atoms with Gasteiger partial charge in [0, 0.05) is 6.08 Å². The minimum absolute atomic E-state index is 0.0518. The molecule has 1 atom stereocenters. The maximum atomic E-state index is 11.4. The van der Waals surface area contributed by atoms with Crippen molar-refractivity contribution in [2.45, 2.75) is 19.3 Å². The normalized spacial score (nSPS) is 14.7. The average Bonchev–Trinajstić information content (AvgIpc) is 2.23. The van der Waals surface area contributed by atoms with Gasteiger partial charge in [0.2, 0.25) is 0 Å². The Morgan fingerprint density at radius 3 is 2.37 bits per heavy atom. The van der Waals surface area contributed by atoms with Crippen molar-refractivity contribution in [3.05, 3.63) is 12.7 Å². The number of carbonyl (C=O) groups excluding carboxylic acids is 1. The van der Waals surface area contributed by atoms with Gasteiger partial charge in [-0.2, -0.15) is 4.65 Å². The smallest absolute Gasteiger partial charge is 0.330 e. The Hall–Kier alpha value is -0.720. The van der Waals surface area contributed by atoms with Crippen LogP contribution < -0.4 is 4.89 Å². The van der Waals surface area contributed by atoms with Crippen LogP contribution in [0, 0.1) is 0 Å². The molecular weight excluding hydrogens is 273 g/mol. The second kappa shape index (κ2) is 8.45. The molecule has 0 spiro atoms. The zero-order chi connectivity index (χ0) is 14.9.